The van der Waals surface area contributed by atoms with Gasteiger partial charge in [0.25, 0.3) is 0 Å². The summed E-state index contributed by atoms with van der Waals surface area (Å²) in [5.74, 6) is 0. The first-order chi connectivity index (χ1) is 8.50. The highest BCUT2D eigenvalue weighted by Gasteiger charge is 1.60. The lowest BCUT2D eigenvalue weighted by Crippen LogP contribution is -1.62. The topological polar surface area (TPSA) is 64.7 Å². The van der Waals surface area contributed by atoms with Crippen LogP contribution in [0, 0.1) is 0 Å². The van der Waals surface area contributed by atoms with E-state index in [9.17, 15) is 0 Å². The molecular weight excluding hydrogens is 216 g/mol. The predicted octanol–water partition coefficient (Wildman–Crippen LogP) is 2.23. The molecule has 0 unspecified atom stereocenters. The van der Waals surface area contributed by atoms with Gasteiger partial charge in [-0.2, -0.15) is 0 Å². The molecular formula is C12H12N4O. The Morgan fingerprint density at radius 2 is 1.00 bits per heavy atom. The molecule has 0 fully saturated rings. The Balaban J connectivity index is 3.01. The fourth-order valence-corrected chi connectivity index (χ4v) is 0.736. The van der Waals surface area contributed by atoms with Crippen LogP contribution in [0.2, 0.25) is 0 Å². The van der Waals surface area contributed by atoms with Crippen molar-refractivity contribution in [1.82, 2.24) is 19.9 Å². The van der Waals surface area contributed by atoms with Crippen molar-refractivity contribution in [2.45, 2.75) is 0 Å². The van der Waals surface area contributed by atoms with Crippen LogP contribution in [0.4, 0.5) is 0 Å². The second-order valence-electron chi connectivity index (χ2n) is 2.58. The van der Waals surface area contributed by atoms with Crippen LogP contribution in [0.15, 0.2) is 78.7 Å². The van der Waals surface area contributed by atoms with Crippen LogP contribution in [0.1, 0.15) is 0 Å². The van der Waals surface area contributed by atoms with Gasteiger partial charge in [-0.3, -0.25) is 19.9 Å². The molecule has 0 bridgehead atoms. The maximum atomic E-state index is 4.98. The molecule has 0 saturated carbocycles. The molecule has 0 aromatic carbocycles. The van der Waals surface area contributed by atoms with Gasteiger partial charge in [-0.05, 0) is 12.1 Å². The Morgan fingerprint density at radius 3 is 1.76 bits per heavy atom. The van der Waals surface area contributed by atoms with Gasteiger partial charge in [0.1, 0.15) is 6.26 Å². The third kappa shape index (κ3) is 8.44. The van der Waals surface area contributed by atoms with Crippen LogP contribution in [0.25, 0.3) is 0 Å². The summed E-state index contributed by atoms with van der Waals surface area (Å²) in [6, 6.07) is 3.37. The smallest absolute Gasteiger partial charge is 0.108 e. The van der Waals surface area contributed by atoms with Crippen LogP contribution in [-0.4, -0.2) is 19.9 Å². The van der Waals surface area contributed by atoms with Crippen molar-refractivity contribution in [1.29, 1.82) is 0 Å². The van der Waals surface area contributed by atoms with Gasteiger partial charge < -0.3 is 4.42 Å². The van der Waals surface area contributed by atoms with Gasteiger partial charge in [-0.1, -0.05) is 0 Å². The highest BCUT2D eigenvalue weighted by atomic mass is 16.3. The van der Waals surface area contributed by atoms with E-state index in [1.165, 1.54) is 24.9 Å². The first-order valence-electron chi connectivity index (χ1n) is 4.87. The zero-order valence-electron chi connectivity index (χ0n) is 9.13. The Bertz CT molecular complexity index is 289. The lowest BCUT2D eigenvalue weighted by molar-refractivity contribution is 0.552. The van der Waals surface area contributed by atoms with E-state index in [1.807, 2.05) is 0 Å². The monoisotopic (exact) mass is 228 g/mol. The van der Waals surface area contributed by atoms with E-state index in [1.54, 1.807) is 49.3 Å². The highest BCUT2D eigenvalue weighted by Crippen LogP contribution is 1.73. The molecule has 0 amide bonds. The summed E-state index contributed by atoms with van der Waals surface area (Å²) in [6.07, 6.45) is 15.5. The molecule has 5 heteroatoms. The zero-order chi connectivity index (χ0) is 12.0. The predicted molar refractivity (Wildman–Crippen MR) is 62.8 cm³/mol. The van der Waals surface area contributed by atoms with E-state index >= 15 is 0 Å². The average molecular weight is 228 g/mol. The van der Waals surface area contributed by atoms with Crippen LogP contribution in [0.5, 0.6) is 0 Å². The maximum Gasteiger partial charge on any atom is 0.108 e. The third-order valence-electron chi connectivity index (χ3n) is 1.38. The lowest BCUT2D eigenvalue weighted by atomic mass is 10.7. The van der Waals surface area contributed by atoms with Gasteiger partial charge in [0.15, 0.2) is 0 Å². The van der Waals surface area contributed by atoms with Gasteiger partial charge in [0.2, 0.25) is 0 Å². The van der Waals surface area contributed by atoms with Crippen LogP contribution < -0.4 is 0 Å². The summed E-state index contributed by atoms with van der Waals surface area (Å²) >= 11 is 0. The Labute approximate surface area is 99.2 Å². The Morgan fingerprint density at radius 1 is 0.471 bits per heavy atom. The van der Waals surface area contributed by atoms with Crippen molar-refractivity contribution in [2.24, 2.45) is 0 Å². The van der Waals surface area contributed by atoms with Crippen molar-refractivity contribution in [2.75, 3.05) is 0 Å². The molecule has 0 saturated heterocycles. The number of hydrogen-bond acceptors (Lipinski definition) is 5. The minimum atomic E-state index is 1.45. The van der Waals surface area contributed by atoms with Crippen LogP contribution >= 0.6 is 0 Å². The minimum absolute atomic E-state index is 1.45. The molecule has 0 aliphatic heterocycles. The van der Waals surface area contributed by atoms with Crippen molar-refractivity contribution in [3.8, 4) is 0 Å². The average Bonchev–Trinajstić information content (AvgIpc) is 2.35. The maximum absolute atomic E-state index is 4.98. The van der Waals surface area contributed by atoms with Crippen molar-refractivity contribution in [3.63, 3.8) is 0 Å². The third-order valence-corrected chi connectivity index (χ3v) is 1.38. The normalized spacial score (nSPS) is 8.00. The van der Waals surface area contributed by atoms with Gasteiger partial charge in [0.05, 0.1) is 12.5 Å². The Kier molecular flexibility index (Phi) is 7.34. The van der Waals surface area contributed by atoms with Gasteiger partial charge in [0, 0.05) is 43.4 Å². The molecule has 0 atom stereocenters. The molecule has 1 rings (SSSR count). The number of aromatic nitrogens is 4. The molecule has 5 nitrogen and oxygen atoms in total. The first kappa shape index (κ1) is 12.5. The Hall–Kier alpha value is -2.56. The van der Waals surface area contributed by atoms with Gasteiger partial charge in [-0.15, -0.1) is 0 Å². The quantitative estimate of drug-likeness (QED) is 0.681. The molecule has 1 aromatic rings. The first-order valence-corrected chi connectivity index (χ1v) is 4.87. The fourth-order valence-electron chi connectivity index (χ4n) is 0.736. The van der Waals surface area contributed by atoms with Gasteiger partial charge >= 0.3 is 0 Å². The summed E-state index contributed by atoms with van der Waals surface area (Å²) in [6.45, 7) is 0. The van der Waals surface area contributed by atoms with Crippen LogP contribution in [0.3, 0.4) is 0 Å². The summed E-state index contributed by atoms with van der Waals surface area (Å²) in [7, 11) is 0. The fraction of sp³-hybridized carbons (Fsp3) is 0. The SMILES string of the molecule is c1cncccoccnccnccnc1. The summed E-state index contributed by atoms with van der Waals surface area (Å²) in [5, 5.41) is 0. The molecule has 0 aliphatic carbocycles. The molecule has 0 radical (unpaired) electrons. The summed E-state index contributed by atoms with van der Waals surface area (Å²) < 4.78 is 4.98. The molecule has 1 heterocycles. The second-order valence-corrected chi connectivity index (χ2v) is 2.58. The van der Waals surface area contributed by atoms with E-state index in [-0.39, 0.29) is 0 Å². The van der Waals surface area contributed by atoms with Crippen molar-refractivity contribution in [3.05, 3.63) is 74.2 Å². The molecule has 86 valence electrons. The largest absolute Gasteiger partial charge is 0.471 e. The van der Waals surface area contributed by atoms with Crippen LogP contribution in [-0.2, 0) is 0 Å². The molecule has 17 heavy (non-hydrogen) atoms. The number of nitrogens with zero attached hydrogens (tertiary/aromatic N) is 4. The molecule has 0 aliphatic rings. The lowest BCUT2D eigenvalue weighted by Gasteiger charge is -1.69. The van der Waals surface area contributed by atoms with E-state index < -0.39 is 0 Å². The van der Waals surface area contributed by atoms with Crippen molar-refractivity contribution < 1.29 is 4.42 Å². The highest BCUT2D eigenvalue weighted by molar-refractivity contribution is 4.76. The minimum Gasteiger partial charge on any atom is -0.471 e. The molecule has 1 aromatic heterocycles. The molecule has 0 N–H and O–H groups in total. The second kappa shape index (κ2) is 9.97. The number of rotatable bonds is 0. The van der Waals surface area contributed by atoms with E-state index in [4.69, 9.17) is 4.42 Å². The summed E-state index contributed by atoms with van der Waals surface area (Å²) in [5.41, 5.74) is 0. The number of hydrogen-bond donors (Lipinski definition) is 0. The van der Waals surface area contributed by atoms with E-state index in [0.29, 0.717) is 0 Å². The summed E-state index contributed by atoms with van der Waals surface area (Å²) in [4.78, 5) is 15.7. The molecule has 0 spiro atoms. The zero-order valence-corrected chi connectivity index (χ0v) is 9.13. The standard InChI is InChI=1S/C12H12N4O/c1-3-13-5-2-11-17-12-10-16-9-8-15-7-6-14-4-1/h1-12H. The van der Waals surface area contributed by atoms with E-state index in [2.05, 4.69) is 19.9 Å². The van der Waals surface area contributed by atoms with Gasteiger partial charge in [-0.25, -0.2) is 0 Å². The van der Waals surface area contributed by atoms with E-state index in [0.717, 1.165) is 0 Å². The van der Waals surface area contributed by atoms with Crippen molar-refractivity contribution >= 4 is 0 Å².